The van der Waals surface area contributed by atoms with Gasteiger partial charge < -0.3 is 4.74 Å². The quantitative estimate of drug-likeness (QED) is 0.681. The SMILES string of the molecule is COCc1cccc2c1CC(C)C2Cl. The van der Waals surface area contributed by atoms with E-state index in [1.807, 2.05) is 0 Å². The van der Waals surface area contributed by atoms with Crippen molar-refractivity contribution in [2.45, 2.75) is 25.3 Å². The van der Waals surface area contributed by atoms with Crippen LogP contribution < -0.4 is 0 Å². The lowest BCUT2D eigenvalue weighted by Crippen LogP contribution is -1.95. The van der Waals surface area contributed by atoms with Gasteiger partial charge in [-0.25, -0.2) is 0 Å². The average Bonchev–Trinajstić information content (AvgIpc) is 2.46. The van der Waals surface area contributed by atoms with Crippen LogP contribution in [-0.4, -0.2) is 7.11 Å². The Balaban J connectivity index is 2.40. The summed E-state index contributed by atoms with van der Waals surface area (Å²) in [5.74, 6) is 0.546. The molecule has 0 saturated heterocycles. The maximum atomic E-state index is 6.32. The van der Waals surface area contributed by atoms with Crippen molar-refractivity contribution in [2.75, 3.05) is 7.11 Å². The van der Waals surface area contributed by atoms with Crippen molar-refractivity contribution in [3.8, 4) is 0 Å². The van der Waals surface area contributed by atoms with E-state index in [-0.39, 0.29) is 5.38 Å². The van der Waals surface area contributed by atoms with E-state index >= 15 is 0 Å². The zero-order chi connectivity index (χ0) is 10.1. The summed E-state index contributed by atoms with van der Waals surface area (Å²) in [6.45, 7) is 2.90. The molecule has 2 unspecified atom stereocenters. The first-order chi connectivity index (χ1) is 6.74. The van der Waals surface area contributed by atoms with Crippen molar-refractivity contribution in [3.05, 3.63) is 34.9 Å². The van der Waals surface area contributed by atoms with Crippen LogP contribution in [-0.2, 0) is 17.8 Å². The van der Waals surface area contributed by atoms with Gasteiger partial charge in [0, 0.05) is 7.11 Å². The fraction of sp³-hybridized carbons (Fsp3) is 0.500. The summed E-state index contributed by atoms with van der Waals surface area (Å²) in [5.41, 5.74) is 4.00. The summed E-state index contributed by atoms with van der Waals surface area (Å²) in [4.78, 5) is 0. The highest BCUT2D eigenvalue weighted by Gasteiger charge is 2.28. The molecule has 0 N–H and O–H groups in total. The maximum Gasteiger partial charge on any atom is 0.0715 e. The molecule has 1 aliphatic rings. The van der Waals surface area contributed by atoms with Gasteiger partial charge in [0.25, 0.3) is 0 Å². The topological polar surface area (TPSA) is 9.23 Å². The predicted octanol–water partition coefficient (Wildman–Crippen LogP) is 3.31. The van der Waals surface area contributed by atoms with Gasteiger partial charge >= 0.3 is 0 Å². The Morgan fingerprint density at radius 1 is 1.50 bits per heavy atom. The molecule has 0 spiro atoms. The third-order valence-electron chi connectivity index (χ3n) is 2.93. The molecule has 1 aromatic carbocycles. The average molecular weight is 211 g/mol. The van der Waals surface area contributed by atoms with Crippen molar-refractivity contribution in [3.63, 3.8) is 0 Å². The van der Waals surface area contributed by atoms with Crippen molar-refractivity contribution < 1.29 is 4.74 Å². The lowest BCUT2D eigenvalue weighted by atomic mass is 10.0. The minimum atomic E-state index is 0.182. The van der Waals surface area contributed by atoms with E-state index in [0.717, 1.165) is 6.42 Å². The van der Waals surface area contributed by atoms with Gasteiger partial charge in [-0.1, -0.05) is 25.1 Å². The molecule has 2 heteroatoms. The van der Waals surface area contributed by atoms with E-state index in [1.54, 1.807) is 7.11 Å². The van der Waals surface area contributed by atoms with E-state index in [2.05, 4.69) is 25.1 Å². The lowest BCUT2D eigenvalue weighted by molar-refractivity contribution is 0.184. The molecule has 1 nitrogen and oxygen atoms in total. The Kier molecular flexibility index (Phi) is 2.80. The van der Waals surface area contributed by atoms with E-state index in [4.69, 9.17) is 16.3 Å². The van der Waals surface area contributed by atoms with Gasteiger partial charge in [0.15, 0.2) is 0 Å². The van der Waals surface area contributed by atoms with Crippen LogP contribution in [0, 0.1) is 5.92 Å². The van der Waals surface area contributed by atoms with Gasteiger partial charge in [-0.2, -0.15) is 0 Å². The summed E-state index contributed by atoms with van der Waals surface area (Å²) < 4.78 is 5.18. The summed E-state index contributed by atoms with van der Waals surface area (Å²) in [6.07, 6.45) is 1.09. The second kappa shape index (κ2) is 3.92. The summed E-state index contributed by atoms with van der Waals surface area (Å²) in [5, 5.41) is 0.182. The highest BCUT2D eigenvalue weighted by Crippen LogP contribution is 2.41. The van der Waals surface area contributed by atoms with Gasteiger partial charge in [0.2, 0.25) is 0 Å². The highest BCUT2D eigenvalue weighted by atomic mass is 35.5. The molecular formula is C12H15ClO. The monoisotopic (exact) mass is 210 g/mol. The van der Waals surface area contributed by atoms with Crippen molar-refractivity contribution in [2.24, 2.45) is 5.92 Å². The summed E-state index contributed by atoms with van der Waals surface area (Å²) >= 11 is 6.32. The number of methoxy groups -OCH3 is 1. The molecule has 0 radical (unpaired) electrons. The number of fused-ring (bicyclic) bond motifs is 1. The second-order valence-corrected chi connectivity index (χ2v) is 4.47. The fourth-order valence-electron chi connectivity index (χ4n) is 2.18. The van der Waals surface area contributed by atoms with Crippen molar-refractivity contribution in [1.82, 2.24) is 0 Å². The number of ether oxygens (including phenoxy) is 1. The highest BCUT2D eigenvalue weighted by molar-refractivity contribution is 6.21. The molecule has 0 heterocycles. The van der Waals surface area contributed by atoms with Crippen molar-refractivity contribution >= 4 is 11.6 Å². The fourth-order valence-corrected chi connectivity index (χ4v) is 2.48. The molecule has 0 amide bonds. The van der Waals surface area contributed by atoms with Gasteiger partial charge in [0.05, 0.1) is 12.0 Å². The van der Waals surface area contributed by atoms with E-state index in [0.29, 0.717) is 12.5 Å². The third-order valence-corrected chi connectivity index (χ3v) is 3.60. The Morgan fingerprint density at radius 3 is 3.00 bits per heavy atom. The minimum absolute atomic E-state index is 0.182. The van der Waals surface area contributed by atoms with Gasteiger partial charge in [0.1, 0.15) is 0 Å². The minimum Gasteiger partial charge on any atom is -0.380 e. The zero-order valence-corrected chi connectivity index (χ0v) is 9.34. The molecule has 14 heavy (non-hydrogen) atoms. The van der Waals surface area contributed by atoms with Gasteiger partial charge in [-0.3, -0.25) is 0 Å². The van der Waals surface area contributed by atoms with E-state index in [1.165, 1.54) is 16.7 Å². The Bertz CT molecular complexity index is 335. The van der Waals surface area contributed by atoms with Crippen LogP contribution in [0.3, 0.4) is 0 Å². The van der Waals surface area contributed by atoms with Crippen LogP contribution in [0.25, 0.3) is 0 Å². The van der Waals surface area contributed by atoms with Crippen LogP contribution in [0.15, 0.2) is 18.2 Å². The predicted molar refractivity (Wildman–Crippen MR) is 58.6 cm³/mol. The molecule has 0 fully saturated rings. The Hall–Kier alpha value is -0.530. The van der Waals surface area contributed by atoms with Crippen LogP contribution >= 0.6 is 11.6 Å². The molecule has 0 aliphatic heterocycles. The Labute approximate surface area is 90.0 Å². The van der Waals surface area contributed by atoms with Crippen LogP contribution in [0.1, 0.15) is 29.0 Å². The lowest BCUT2D eigenvalue weighted by Gasteiger charge is -2.08. The number of rotatable bonds is 2. The number of hydrogen-bond donors (Lipinski definition) is 0. The van der Waals surface area contributed by atoms with Crippen LogP contribution in [0.5, 0.6) is 0 Å². The molecule has 2 atom stereocenters. The molecule has 1 aromatic rings. The molecule has 0 aromatic heterocycles. The Morgan fingerprint density at radius 2 is 2.29 bits per heavy atom. The molecule has 0 bridgehead atoms. The third kappa shape index (κ3) is 1.55. The van der Waals surface area contributed by atoms with Crippen molar-refractivity contribution in [1.29, 1.82) is 0 Å². The van der Waals surface area contributed by atoms with Gasteiger partial charge in [-0.05, 0) is 29.0 Å². The smallest absolute Gasteiger partial charge is 0.0715 e. The van der Waals surface area contributed by atoms with Gasteiger partial charge in [-0.15, -0.1) is 11.6 Å². The van der Waals surface area contributed by atoms with Crippen LogP contribution in [0.4, 0.5) is 0 Å². The first-order valence-corrected chi connectivity index (χ1v) is 5.41. The largest absolute Gasteiger partial charge is 0.380 e. The number of hydrogen-bond acceptors (Lipinski definition) is 1. The summed E-state index contributed by atoms with van der Waals surface area (Å²) in [6, 6.07) is 6.33. The van der Waals surface area contributed by atoms with E-state index in [9.17, 15) is 0 Å². The molecule has 0 saturated carbocycles. The normalized spacial score (nSPS) is 25.1. The van der Waals surface area contributed by atoms with Crippen LogP contribution in [0.2, 0.25) is 0 Å². The number of alkyl halides is 1. The molecule has 76 valence electrons. The maximum absolute atomic E-state index is 6.32. The standard InChI is InChI=1S/C12H15ClO/c1-8-6-11-9(7-14-2)4-3-5-10(11)12(8)13/h3-5,8,12H,6-7H2,1-2H3. The zero-order valence-electron chi connectivity index (χ0n) is 8.59. The molecule has 2 rings (SSSR count). The number of benzene rings is 1. The molecular weight excluding hydrogens is 196 g/mol. The van der Waals surface area contributed by atoms with E-state index < -0.39 is 0 Å². The molecule has 1 aliphatic carbocycles. The first-order valence-electron chi connectivity index (χ1n) is 4.97. The summed E-state index contributed by atoms with van der Waals surface area (Å²) in [7, 11) is 1.73. The number of halogens is 1. The second-order valence-electron chi connectivity index (χ2n) is 4.00. The first kappa shape index (κ1) is 10.0.